The van der Waals surface area contributed by atoms with Crippen LogP contribution in [0.1, 0.15) is 62.5 Å². The number of hydrogen-bond donors (Lipinski definition) is 0. The summed E-state index contributed by atoms with van der Waals surface area (Å²) in [5, 5.41) is 0. The summed E-state index contributed by atoms with van der Waals surface area (Å²) >= 11 is 0. The molecule has 23 heavy (non-hydrogen) atoms. The molecule has 0 unspecified atom stereocenters. The molecule has 0 spiro atoms. The first-order valence-electron chi connectivity index (χ1n) is 9.13. The Bertz CT molecular complexity index is 610. The Morgan fingerprint density at radius 2 is 1.43 bits per heavy atom. The number of rotatable bonds is 5. The van der Waals surface area contributed by atoms with Crippen LogP contribution in [0.5, 0.6) is 0 Å². The van der Waals surface area contributed by atoms with Gasteiger partial charge < -0.3 is 0 Å². The Morgan fingerprint density at radius 3 is 1.96 bits per heavy atom. The van der Waals surface area contributed by atoms with Gasteiger partial charge in [-0.25, -0.2) is 0 Å². The normalized spacial score (nSPS) is 21.1. The zero-order valence-electron chi connectivity index (χ0n) is 14.3. The first-order valence-corrected chi connectivity index (χ1v) is 9.13. The molecule has 0 heteroatoms. The molecule has 0 radical (unpaired) electrons. The highest BCUT2D eigenvalue weighted by Crippen LogP contribution is 2.37. The van der Waals surface area contributed by atoms with Gasteiger partial charge in [-0.05, 0) is 59.8 Å². The zero-order chi connectivity index (χ0) is 16.1. The molecule has 2 aromatic carbocycles. The minimum atomic E-state index is 0.778. The van der Waals surface area contributed by atoms with E-state index in [9.17, 15) is 0 Å². The summed E-state index contributed by atoms with van der Waals surface area (Å²) in [7, 11) is 0. The van der Waals surface area contributed by atoms with Crippen LogP contribution in [0.2, 0.25) is 0 Å². The summed E-state index contributed by atoms with van der Waals surface area (Å²) in [4.78, 5) is 0. The lowest BCUT2D eigenvalue weighted by Crippen LogP contribution is -2.13. The smallest absolute Gasteiger partial charge is 0.0162 e. The summed E-state index contributed by atoms with van der Waals surface area (Å²) < 4.78 is 0. The maximum Gasteiger partial charge on any atom is -0.0162 e. The second-order valence-corrected chi connectivity index (χ2v) is 6.95. The third-order valence-corrected chi connectivity index (χ3v) is 5.41. The molecule has 0 amide bonds. The molecule has 1 aliphatic rings. The van der Waals surface area contributed by atoms with E-state index >= 15 is 0 Å². The molecule has 0 heterocycles. The third-order valence-electron chi connectivity index (χ3n) is 5.41. The fourth-order valence-corrected chi connectivity index (χ4v) is 3.95. The highest BCUT2D eigenvalue weighted by molar-refractivity contribution is 5.65. The Hall–Kier alpha value is -1.82. The second-order valence-electron chi connectivity index (χ2n) is 6.95. The number of hydrogen-bond acceptors (Lipinski definition) is 0. The average molecular weight is 304 g/mol. The molecule has 2 aromatic rings. The van der Waals surface area contributed by atoms with Gasteiger partial charge in [0.25, 0.3) is 0 Å². The van der Waals surface area contributed by atoms with Crippen molar-refractivity contribution >= 4 is 6.08 Å². The average Bonchev–Trinajstić information content (AvgIpc) is 2.63. The maximum atomic E-state index is 3.81. The Morgan fingerprint density at radius 1 is 0.870 bits per heavy atom. The van der Waals surface area contributed by atoms with E-state index in [-0.39, 0.29) is 0 Å². The van der Waals surface area contributed by atoms with Crippen LogP contribution in [-0.4, -0.2) is 0 Å². The van der Waals surface area contributed by atoms with Gasteiger partial charge in [0.15, 0.2) is 0 Å². The predicted molar refractivity (Wildman–Crippen MR) is 102 cm³/mol. The molecule has 0 nitrogen and oxygen atoms in total. The van der Waals surface area contributed by atoms with E-state index in [1.807, 2.05) is 6.08 Å². The van der Waals surface area contributed by atoms with Crippen LogP contribution in [-0.2, 0) is 0 Å². The van der Waals surface area contributed by atoms with Gasteiger partial charge in [0.05, 0.1) is 0 Å². The minimum absolute atomic E-state index is 0.778. The van der Waals surface area contributed by atoms with E-state index in [1.54, 1.807) is 0 Å². The minimum Gasteiger partial charge on any atom is -0.0985 e. The van der Waals surface area contributed by atoms with Gasteiger partial charge in [-0.15, -0.1) is 0 Å². The van der Waals surface area contributed by atoms with E-state index in [1.165, 1.54) is 60.8 Å². The van der Waals surface area contributed by atoms with Crippen LogP contribution >= 0.6 is 0 Å². The van der Waals surface area contributed by atoms with Crippen molar-refractivity contribution in [2.75, 3.05) is 0 Å². The summed E-state index contributed by atoms with van der Waals surface area (Å²) in [5.41, 5.74) is 5.30. The van der Waals surface area contributed by atoms with Crippen molar-refractivity contribution in [1.29, 1.82) is 0 Å². The van der Waals surface area contributed by atoms with Gasteiger partial charge in [-0.3, -0.25) is 0 Å². The molecular formula is C23H28. The van der Waals surface area contributed by atoms with E-state index in [0.29, 0.717) is 0 Å². The van der Waals surface area contributed by atoms with Crippen molar-refractivity contribution < 1.29 is 0 Å². The summed E-state index contributed by atoms with van der Waals surface area (Å²) in [6, 6.07) is 17.9. The van der Waals surface area contributed by atoms with Crippen molar-refractivity contribution in [2.45, 2.75) is 51.4 Å². The Labute approximate surface area is 141 Å². The van der Waals surface area contributed by atoms with Crippen molar-refractivity contribution in [2.24, 2.45) is 5.92 Å². The Balaban J connectivity index is 1.66. The van der Waals surface area contributed by atoms with E-state index < -0.39 is 0 Å². The standard InChI is InChI=1S/C23H28/c1-3-5-19-8-12-21(13-9-19)23-16-14-22(15-17-23)20-10-6-18(4-2)7-11-20/h4,6-7,10-11,14-17,19,21H,2-3,5,8-9,12-13H2,1H3. The molecule has 120 valence electrons. The Kier molecular flexibility index (Phi) is 5.33. The molecular weight excluding hydrogens is 276 g/mol. The first-order chi connectivity index (χ1) is 11.3. The topological polar surface area (TPSA) is 0 Å². The molecule has 3 rings (SSSR count). The van der Waals surface area contributed by atoms with Crippen LogP contribution < -0.4 is 0 Å². The molecule has 0 aromatic heterocycles. The van der Waals surface area contributed by atoms with Gasteiger partial charge in [-0.2, -0.15) is 0 Å². The summed E-state index contributed by atoms with van der Waals surface area (Å²) in [6.07, 6.45) is 10.2. The van der Waals surface area contributed by atoms with Crippen molar-refractivity contribution in [1.82, 2.24) is 0 Å². The van der Waals surface area contributed by atoms with Crippen LogP contribution in [0.25, 0.3) is 17.2 Å². The van der Waals surface area contributed by atoms with Gasteiger partial charge in [0.2, 0.25) is 0 Å². The molecule has 1 fully saturated rings. The molecule has 0 aliphatic heterocycles. The lowest BCUT2D eigenvalue weighted by Gasteiger charge is -2.28. The predicted octanol–water partition coefficient (Wildman–Crippen LogP) is 7.07. The van der Waals surface area contributed by atoms with E-state index in [2.05, 4.69) is 62.0 Å². The zero-order valence-corrected chi connectivity index (χ0v) is 14.3. The molecule has 0 atom stereocenters. The molecule has 0 N–H and O–H groups in total. The number of benzene rings is 2. The quantitative estimate of drug-likeness (QED) is 0.554. The molecule has 1 aliphatic carbocycles. The fraction of sp³-hybridized carbons (Fsp3) is 0.391. The molecule has 0 saturated heterocycles. The largest absolute Gasteiger partial charge is 0.0985 e. The highest BCUT2D eigenvalue weighted by Gasteiger charge is 2.21. The first kappa shape index (κ1) is 16.1. The molecule has 1 saturated carbocycles. The summed E-state index contributed by atoms with van der Waals surface area (Å²) in [6.45, 7) is 6.13. The van der Waals surface area contributed by atoms with Crippen LogP contribution in [0.4, 0.5) is 0 Å². The van der Waals surface area contributed by atoms with Crippen LogP contribution in [0.3, 0.4) is 0 Å². The van der Waals surface area contributed by atoms with Crippen LogP contribution in [0.15, 0.2) is 55.1 Å². The lowest BCUT2D eigenvalue weighted by molar-refractivity contribution is 0.308. The molecule has 0 bridgehead atoms. The van der Waals surface area contributed by atoms with Crippen molar-refractivity contribution in [3.8, 4) is 11.1 Å². The van der Waals surface area contributed by atoms with Gasteiger partial charge in [-0.1, -0.05) is 81.0 Å². The van der Waals surface area contributed by atoms with E-state index in [0.717, 1.165) is 11.8 Å². The summed E-state index contributed by atoms with van der Waals surface area (Å²) in [5.74, 6) is 1.76. The fourth-order valence-electron chi connectivity index (χ4n) is 3.95. The van der Waals surface area contributed by atoms with Crippen molar-refractivity contribution in [3.63, 3.8) is 0 Å². The van der Waals surface area contributed by atoms with Gasteiger partial charge in [0.1, 0.15) is 0 Å². The monoisotopic (exact) mass is 304 g/mol. The van der Waals surface area contributed by atoms with E-state index in [4.69, 9.17) is 0 Å². The van der Waals surface area contributed by atoms with Gasteiger partial charge in [0, 0.05) is 0 Å². The third kappa shape index (κ3) is 3.93. The second kappa shape index (κ2) is 7.64. The SMILES string of the molecule is C=Cc1ccc(-c2ccc(C3CCC(CCC)CC3)cc2)cc1. The van der Waals surface area contributed by atoms with Crippen molar-refractivity contribution in [3.05, 3.63) is 66.2 Å². The van der Waals surface area contributed by atoms with Crippen LogP contribution in [0, 0.1) is 5.92 Å². The maximum absolute atomic E-state index is 3.81. The highest BCUT2D eigenvalue weighted by atomic mass is 14.3. The lowest BCUT2D eigenvalue weighted by atomic mass is 9.77. The van der Waals surface area contributed by atoms with Gasteiger partial charge >= 0.3 is 0 Å².